The zero-order valence-electron chi connectivity index (χ0n) is 14.4. The van der Waals surface area contributed by atoms with Crippen molar-refractivity contribution < 1.29 is 14.6 Å². The Bertz CT molecular complexity index is 863. The third-order valence-electron chi connectivity index (χ3n) is 3.87. The predicted molar refractivity (Wildman–Crippen MR) is 93.5 cm³/mol. The second kappa shape index (κ2) is 8.19. The van der Waals surface area contributed by atoms with E-state index in [-0.39, 0.29) is 5.69 Å². The smallest absolute Gasteiger partial charge is 0.354 e. The summed E-state index contributed by atoms with van der Waals surface area (Å²) in [5.74, 6) is 0.363. The van der Waals surface area contributed by atoms with Gasteiger partial charge in [-0.2, -0.15) is 5.10 Å². The molecule has 0 aliphatic carbocycles. The quantitative estimate of drug-likeness (QED) is 0.620. The molecule has 0 amide bonds. The molecule has 0 atom stereocenters. The Morgan fingerprint density at radius 3 is 2.81 bits per heavy atom. The molecule has 0 fully saturated rings. The van der Waals surface area contributed by atoms with E-state index in [2.05, 4.69) is 20.1 Å². The number of aryl methyl sites for hydroxylation is 2. The number of aromatic nitrogens is 5. The molecule has 1 N–H and O–H groups in total. The topological polar surface area (TPSA) is 103 Å². The van der Waals surface area contributed by atoms with Crippen molar-refractivity contribution in [1.82, 2.24) is 24.7 Å². The summed E-state index contributed by atoms with van der Waals surface area (Å²) in [5, 5.41) is 13.0. The minimum absolute atomic E-state index is 0.0837. The van der Waals surface area contributed by atoms with E-state index in [0.717, 1.165) is 30.5 Å². The van der Waals surface area contributed by atoms with E-state index in [9.17, 15) is 4.79 Å². The van der Waals surface area contributed by atoms with Crippen molar-refractivity contribution in [2.24, 2.45) is 0 Å². The molecule has 8 heteroatoms. The summed E-state index contributed by atoms with van der Waals surface area (Å²) in [6.45, 7) is 2.49. The highest BCUT2D eigenvalue weighted by Gasteiger charge is 2.08. The van der Waals surface area contributed by atoms with Crippen LogP contribution in [0.4, 0.5) is 0 Å². The maximum absolute atomic E-state index is 11.0. The van der Waals surface area contributed by atoms with Gasteiger partial charge in [0.05, 0.1) is 12.8 Å². The van der Waals surface area contributed by atoms with Crippen LogP contribution < -0.4 is 4.74 Å². The number of rotatable bonds is 8. The molecule has 134 valence electrons. The first-order valence-corrected chi connectivity index (χ1v) is 8.27. The van der Waals surface area contributed by atoms with Gasteiger partial charge in [-0.05, 0) is 49.9 Å². The van der Waals surface area contributed by atoms with E-state index >= 15 is 0 Å². The third kappa shape index (κ3) is 4.41. The number of ether oxygens (including phenoxy) is 1. The molecule has 0 aliphatic rings. The summed E-state index contributed by atoms with van der Waals surface area (Å²) in [4.78, 5) is 23.4. The molecule has 0 unspecified atom stereocenters. The molecule has 3 rings (SSSR count). The van der Waals surface area contributed by atoms with Gasteiger partial charge in [-0.3, -0.25) is 0 Å². The molecule has 26 heavy (non-hydrogen) atoms. The van der Waals surface area contributed by atoms with Crippen LogP contribution in [0.2, 0.25) is 0 Å². The Balaban J connectivity index is 1.44. The van der Waals surface area contributed by atoms with E-state index in [1.54, 1.807) is 23.3 Å². The lowest BCUT2D eigenvalue weighted by atomic mass is 10.1. The van der Waals surface area contributed by atoms with Crippen LogP contribution in [-0.4, -0.2) is 42.4 Å². The van der Waals surface area contributed by atoms with Crippen molar-refractivity contribution in [2.45, 2.75) is 26.2 Å². The number of unbranched alkanes of at least 4 members (excludes halogenated alkanes) is 1. The summed E-state index contributed by atoms with van der Waals surface area (Å²) in [6, 6.07) is 6.98. The normalized spacial score (nSPS) is 10.7. The second-order valence-electron chi connectivity index (χ2n) is 5.76. The lowest BCUT2D eigenvalue weighted by Crippen LogP contribution is -2.05. The predicted octanol–water partition coefficient (Wildman–Crippen LogP) is 2.47. The lowest BCUT2D eigenvalue weighted by Gasteiger charge is -2.08. The summed E-state index contributed by atoms with van der Waals surface area (Å²) >= 11 is 0. The molecule has 0 aromatic carbocycles. The molecule has 8 nitrogen and oxygen atoms in total. The number of carboxylic acid groups (broad SMARTS) is 1. The van der Waals surface area contributed by atoms with E-state index in [4.69, 9.17) is 9.84 Å². The van der Waals surface area contributed by atoms with Crippen LogP contribution in [0.15, 0.2) is 43.1 Å². The van der Waals surface area contributed by atoms with Crippen LogP contribution in [0, 0.1) is 6.92 Å². The maximum Gasteiger partial charge on any atom is 0.354 e. The largest absolute Gasteiger partial charge is 0.492 e. The van der Waals surface area contributed by atoms with E-state index < -0.39 is 5.97 Å². The Morgan fingerprint density at radius 1 is 1.23 bits per heavy atom. The second-order valence-corrected chi connectivity index (χ2v) is 5.76. The monoisotopic (exact) mass is 353 g/mol. The van der Waals surface area contributed by atoms with Gasteiger partial charge in [-0.25, -0.2) is 24.4 Å². The average molecular weight is 353 g/mol. The molecule has 3 heterocycles. The van der Waals surface area contributed by atoms with Crippen molar-refractivity contribution in [2.75, 3.05) is 6.61 Å². The van der Waals surface area contributed by atoms with Crippen molar-refractivity contribution in [3.8, 4) is 11.6 Å². The Morgan fingerprint density at radius 2 is 2.12 bits per heavy atom. The average Bonchev–Trinajstić information content (AvgIpc) is 3.18. The highest BCUT2D eigenvalue weighted by Crippen LogP contribution is 2.13. The van der Waals surface area contributed by atoms with Crippen molar-refractivity contribution in [1.29, 1.82) is 0 Å². The van der Waals surface area contributed by atoms with Gasteiger partial charge in [0.1, 0.15) is 24.1 Å². The highest BCUT2D eigenvalue weighted by molar-refractivity contribution is 5.85. The van der Waals surface area contributed by atoms with E-state index in [0.29, 0.717) is 18.2 Å². The van der Waals surface area contributed by atoms with Crippen LogP contribution in [0.5, 0.6) is 5.75 Å². The van der Waals surface area contributed by atoms with Crippen LogP contribution in [-0.2, 0) is 6.42 Å². The molecule has 3 aromatic rings. The number of hydrogen-bond donors (Lipinski definition) is 1. The van der Waals surface area contributed by atoms with Gasteiger partial charge >= 0.3 is 5.97 Å². The van der Waals surface area contributed by atoms with Gasteiger partial charge in [0, 0.05) is 5.69 Å². The van der Waals surface area contributed by atoms with E-state index in [1.165, 1.54) is 12.4 Å². The van der Waals surface area contributed by atoms with Gasteiger partial charge in [0.15, 0.2) is 5.82 Å². The van der Waals surface area contributed by atoms with Gasteiger partial charge in [0.2, 0.25) is 0 Å². The lowest BCUT2D eigenvalue weighted by molar-refractivity contribution is 0.0690. The first kappa shape index (κ1) is 17.5. The summed E-state index contributed by atoms with van der Waals surface area (Å²) in [7, 11) is 0. The maximum atomic E-state index is 11.0. The molecule has 0 radical (unpaired) electrons. The van der Waals surface area contributed by atoms with Gasteiger partial charge < -0.3 is 9.84 Å². The standard InChI is InChI=1S/C18H19N5O3/c1-13-5-7-16(18(24)25)22-15(13)4-2-3-9-26-14-6-8-17(20-10-14)23-12-19-11-21-23/h5-8,10-12H,2-4,9H2,1H3,(H,24,25). The number of aromatic carboxylic acids is 1. The molecular weight excluding hydrogens is 334 g/mol. The Kier molecular flexibility index (Phi) is 5.52. The SMILES string of the molecule is Cc1ccc(C(=O)O)nc1CCCCOc1ccc(-n2cncn2)nc1. The van der Waals surface area contributed by atoms with E-state index in [1.807, 2.05) is 19.1 Å². The summed E-state index contributed by atoms with van der Waals surface area (Å²) < 4.78 is 7.26. The zero-order valence-corrected chi connectivity index (χ0v) is 14.4. The molecule has 3 aromatic heterocycles. The van der Waals surface area contributed by atoms with Crippen LogP contribution in [0.25, 0.3) is 5.82 Å². The summed E-state index contributed by atoms with van der Waals surface area (Å²) in [6.07, 6.45) is 7.11. The van der Waals surface area contributed by atoms with Crippen LogP contribution >= 0.6 is 0 Å². The molecule has 0 saturated heterocycles. The summed E-state index contributed by atoms with van der Waals surface area (Å²) in [5.41, 5.74) is 1.91. The fourth-order valence-corrected chi connectivity index (χ4v) is 2.45. The molecule has 0 bridgehead atoms. The molecular formula is C18H19N5O3. The van der Waals surface area contributed by atoms with Crippen LogP contribution in [0.1, 0.15) is 34.6 Å². The Hall–Kier alpha value is -3.29. The Labute approximate surface area is 150 Å². The highest BCUT2D eigenvalue weighted by atomic mass is 16.5. The van der Waals surface area contributed by atoms with Gasteiger partial charge in [-0.1, -0.05) is 6.07 Å². The molecule has 0 aliphatic heterocycles. The van der Waals surface area contributed by atoms with Gasteiger partial charge in [0.25, 0.3) is 0 Å². The molecule has 0 spiro atoms. The number of pyridine rings is 2. The minimum Gasteiger partial charge on any atom is -0.492 e. The number of hydrogen-bond acceptors (Lipinski definition) is 6. The number of carbonyl (C=O) groups is 1. The fourth-order valence-electron chi connectivity index (χ4n) is 2.45. The van der Waals surface area contributed by atoms with Crippen LogP contribution in [0.3, 0.4) is 0 Å². The number of nitrogens with zero attached hydrogens (tertiary/aromatic N) is 5. The fraction of sp³-hybridized carbons (Fsp3) is 0.278. The van der Waals surface area contributed by atoms with Gasteiger partial charge in [-0.15, -0.1) is 0 Å². The first-order valence-electron chi connectivity index (χ1n) is 8.27. The number of carboxylic acids is 1. The minimum atomic E-state index is -1.00. The third-order valence-corrected chi connectivity index (χ3v) is 3.87. The van der Waals surface area contributed by atoms with Crippen molar-refractivity contribution in [3.63, 3.8) is 0 Å². The molecule has 0 saturated carbocycles. The van der Waals surface area contributed by atoms with Crippen molar-refractivity contribution in [3.05, 3.63) is 60.1 Å². The zero-order chi connectivity index (χ0) is 18.4. The first-order chi connectivity index (χ1) is 12.6. The van der Waals surface area contributed by atoms with Crippen molar-refractivity contribution >= 4 is 5.97 Å².